The summed E-state index contributed by atoms with van der Waals surface area (Å²) < 4.78 is 6.55. The molecule has 1 fully saturated rings. The van der Waals surface area contributed by atoms with Crippen molar-refractivity contribution in [1.82, 2.24) is 10.9 Å². The Kier molecular flexibility index (Phi) is 5.93. The van der Waals surface area contributed by atoms with Crippen molar-refractivity contribution in [2.24, 2.45) is 5.92 Å². The summed E-state index contributed by atoms with van der Waals surface area (Å²) in [6.45, 7) is 1.89. The largest absolute Gasteiger partial charge is 0.483 e. The summed E-state index contributed by atoms with van der Waals surface area (Å²) in [5.74, 6) is 0.255. The fourth-order valence-corrected chi connectivity index (χ4v) is 3.17. The third-order valence-electron chi connectivity index (χ3n) is 4.46. The Balaban J connectivity index is 1.42. The molecule has 0 heterocycles. The van der Waals surface area contributed by atoms with Crippen LogP contribution in [0, 0.1) is 5.92 Å². The minimum absolute atomic E-state index is 0.0989. The summed E-state index contributed by atoms with van der Waals surface area (Å²) in [6.07, 6.45) is 1.62. The Hall–Kier alpha value is -2.34. The summed E-state index contributed by atoms with van der Waals surface area (Å²) in [4.78, 5) is 24.1. The van der Waals surface area contributed by atoms with Crippen molar-refractivity contribution in [2.75, 3.05) is 6.61 Å². The van der Waals surface area contributed by atoms with Crippen LogP contribution in [0.15, 0.2) is 53.0 Å². The Morgan fingerprint density at radius 1 is 1.12 bits per heavy atom. The Morgan fingerprint density at radius 3 is 2.58 bits per heavy atom. The van der Waals surface area contributed by atoms with Gasteiger partial charge in [-0.05, 0) is 48.1 Å². The minimum atomic E-state index is -0.384. The third-order valence-corrected chi connectivity index (χ3v) is 4.99. The lowest BCUT2D eigenvalue weighted by Crippen LogP contribution is -2.44. The van der Waals surface area contributed by atoms with Gasteiger partial charge in [-0.15, -0.1) is 0 Å². The Bertz CT molecular complexity index is 792. The molecule has 0 aliphatic heterocycles. The number of carbonyl (C=O) groups excluding carboxylic acids is 2. The summed E-state index contributed by atoms with van der Waals surface area (Å²) in [6, 6.07) is 15.6. The average Bonchev–Trinajstić information content (AvgIpc) is 3.46. The van der Waals surface area contributed by atoms with E-state index in [1.54, 1.807) is 0 Å². The van der Waals surface area contributed by atoms with Crippen LogP contribution >= 0.6 is 15.9 Å². The molecule has 1 aliphatic carbocycles. The second-order valence-corrected chi connectivity index (χ2v) is 7.20. The van der Waals surface area contributed by atoms with Gasteiger partial charge in [-0.1, -0.05) is 53.2 Å². The maximum Gasteiger partial charge on any atom is 0.276 e. The fourth-order valence-electron chi connectivity index (χ4n) is 2.90. The summed E-state index contributed by atoms with van der Waals surface area (Å²) in [5.41, 5.74) is 7.09. The zero-order valence-electron chi connectivity index (χ0n) is 14.5. The molecule has 0 saturated heterocycles. The van der Waals surface area contributed by atoms with Crippen LogP contribution in [0.3, 0.4) is 0 Å². The monoisotopic (exact) mass is 416 g/mol. The molecule has 2 atom stereocenters. The first-order chi connectivity index (χ1) is 12.6. The van der Waals surface area contributed by atoms with Crippen molar-refractivity contribution in [2.45, 2.75) is 25.7 Å². The zero-order chi connectivity index (χ0) is 18.5. The van der Waals surface area contributed by atoms with Gasteiger partial charge in [0.1, 0.15) is 5.75 Å². The van der Waals surface area contributed by atoms with Crippen molar-refractivity contribution in [3.8, 4) is 5.75 Å². The lowest BCUT2D eigenvalue weighted by atomic mass is 10.1. The van der Waals surface area contributed by atoms with Crippen LogP contribution in [0.5, 0.6) is 5.75 Å². The number of ether oxygens (including phenoxy) is 1. The first-order valence-electron chi connectivity index (χ1n) is 8.63. The van der Waals surface area contributed by atoms with Crippen LogP contribution in [0.25, 0.3) is 0 Å². The van der Waals surface area contributed by atoms with Gasteiger partial charge in [0, 0.05) is 10.4 Å². The lowest BCUT2D eigenvalue weighted by Gasteiger charge is -2.11. The average molecular weight is 417 g/mol. The van der Waals surface area contributed by atoms with E-state index in [0.717, 1.165) is 28.4 Å². The van der Waals surface area contributed by atoms with E-state index in [9.17, 15) is 9.59 Å². The second-order valence-electron chi connectivity index (χ2n) is 6.29. The SMILES string of the molecule is CCc1ccccc1OCC(=O)NNC(=O)C1CC1c1ccc(Br)cc1. The number of rotatable bonds is 6. The second kappa shape index (κ2) is 8.36. The van der Waals surface area contributed by atoms with E-state index in [2.05, 4.69) is 26.8 Å². The van der Waals surface area contributed by atoms with Crippen LogP contribution < -0.4 is 15.6 Å². The lowest BCUT2D eigenvalue weighted by molar-refractivity contribution is -0.130. The number of hydrazine groups is 1. The molecule has 3 rings (SSSR count). The van der Waals surface area contributed by atoms with E-state index in [4.69, 9.17) is 4.74 Å². The van der Waals surface area contributed by atoms with E-state index in [-0.39, 0.29) is 30.3 Å². The molecule has 0 radical (unpaired) electrons. The number of halogens is 1. The molecular formula is C20H21BrN2O3. The van der Waals surface area contributed by atoms with Gasteiger partial charge < -0.3 is 4.74 Å². The highest BCUT2D eigenvalue weighted by atomic mass is 79.9. The molecular weight excluding hydrogens is 396 g/mol. The van der Waals surface area contributed by atoms with Crippen LogP contribution in [-0.2, 0) is 16.0 Å². The molecule has 2 amide bonds. The first kappa shape index (κ1) is 18.5. The number of amides is 2. The quantitative estimate of drug-likeness (QED) is 0.709. The van der Waals surface area contributed by atoms with Crippen LogP contribution in [-0.4, -0.2) is 18.4 Å². The van der Waals surface area contributed by atoms with Crippen LogP contribution in [0.1, 0.15) is 30.4 Å². The molecule has 5 nitrogen and oxygen atoms in total. The summed E-state index contributed by atoms with van der Waals surface area (Å²) in [7, 11) is 0. The number of aryl methyl sites for hydroxylation is 1. The normalized spacial score (nSPS) is 18.1. The number of para-hydroxylation sites is 1. The van der Waals surface area contributed by atoms with Gasteiger partial charge in [0.25, 0.3) is 5.91 Å². The van der Waals surface area contributed by atoms with Crippen LogP contribution in [0.4, 0.5) is 0 Å². The zero-order valence-corrected chi connectivity index (χ0v) is 16.1. The van der Waals surface area contributed by atoms with Gasteiger partial charge in [0.2, 0.25) is 5.91 Å². The highest BCUT2D eigenvalue weighted by Gasteiger charge is 2.44. The number of benzene rings is 2. The Labute approximate surface area is 161 Å². The van der Waals surface area contributed by atoms with E-state index in [0.29, 0.717) is 5.75 Å². The first-order valence-corrected chi connectivity index (χ1v) is 9.42. The van der Waals surface area contributed by atoms with Gasteiger partial charge >= 0.3 is 0 Å². The van der Waals surface area contributed by atoms with E-state index >= 15 is 0 Å². The predicted molar refractivity (Wildman–Crippen MR) is 103 cm³/mol. The number of hydrogen-bond donors (Lipinski definition) is 2. The number of hydrogen-bond acceptors (Lipinski definition) is 3. The maximum atomic E-state index is 12.2. The van der Waals surface area contributed by atoms with Gasteiger partial charge in [0.15, 0.2) is 6.61 Å². The van der Waals surface area contributed by atoms with Gasteiger partial charge in [-0.3, -0.25) is 20.4 Å². The molecule has 1 saturated carbocycles. The molecule has 2 unspecified atom stereocenters. The van der Waals surface area contributed by atoms with Crippen molar-refractivity contribution in [3.05, 3.63) is 64.1 Å². The van der Waals surface area contributed by atoms with E-state index in [1.807, 2.05) is 55.5 Å². The molecule has 0 aromatic heterocycles. The Morgan fingerprint density at radius 2 is 1.85 bits per heavy atom. The molecule has 2 N–H and O–H groups in total. The number of nitrogens with one attached hydrogen (secondary N) is 2. The molecule has 6 heteroatoms. The van der Waals surface area contributed by atoms with Crippen molar-refractivity contribution < 1.29 is 14.3 Å². The van der Waals surface area contributed by atoms with Gasteiger partial charge in [-0.25, -0.2) is 0 Å². The highest BCUT2D eigenvalue weighted by Crippen LogP contribution is 2.47. The summed E-state index contributed by atoms with van der Waals surface area (Å²) >= 11 is 3.40. The van der Waals surface area contributed by atoms with Crippen molar-refractivity contribution in [3.63, 3.8) is 0 Å². The van der Waals surface area contributed by atoms with Gasteiger partial charge in [0.05, 0.1) is 0 Å². The standard InChI is InChI=1S/C20H21BrN2O3/c1-2-13-5-3-4-6-18(13)26-12-19(24)22-23-20(25)17-11-16(17)14-7-9-15(21)10-8-14/h3-10,16-17H,2,11-12H2,1H3,(H,22,24)(H,23,25). The van der Waals surface area contributed by atoms with Crippen molar-refractivity contribution >= 4 is 27.7 Å². The topological polar surface area (TPSA) is 67.4 Å². The fraction of sp³-hybridized carbons (Fsp3) is 0.300. The highest BCUT2D eigenvalue weighted by molar-refractivity contribution is 9.10. The third kappa shape index (κ3) is 4.64. The molecule has 136 valence electrons. The smallest absolute Gasteiger partial charge is 0.276 e. The predicted octanol–water partition coefficient (Wildman–Crippen LogP) is 3.34. The number of carbonyl (C=O) groups is 2. The van der Waals surface area contributed by atoms with E-state index < -0.39 is 0 Å². The van der Waals surface area contributed by atoms with Gasteiger partial charge in [-0.2, -0.15) is 0 Å². The van der Waals surface area contributed by atoms with E-state index in [1.165, 1.54) is 0 Å². The maximum absolute atomic E-state index is 12.2. The molecule has 2 aromatic rings. The molecule has 26 heavy (non-hydrogen) atoms. The van der Waals surface area contributed by atoms with Crippen molar-refractivity contribution in [1.29, 1.82) is 0 Å². The molecule has 0 spiro atoms. The molecule has 0 bridgehead atoms. The molecule has 2 aromatic carbocycles. The van der Waals surface area contributed by atoms with Crippen LogP contribution in [0.2, 0.25) is 0 Å². The molecule has 1 aliphatic rings. The summed E-state index contributed by atoms with van der Waals surface area (Å²) in [5, 5.41) is 0. The minimum Gasteiger partial charge on any atom is -0.483 e.